The monoisotopic (exact) mass is 274 g/mol. The molecule has 6 heteroatoms. The summed E-state index contributed by atoms with van der Waals surface area (Å²) >= 11 is 5.95. The van der Waals surface area contributed by atoms with Crippen LogP contribution in [0.3, 0.4) is 0 Å². The number of carbonyl (C=O) groups excluding carboxylic acids is 1. The summed E-state index contributed by atoms with van der Waals surface area (Å²) in [5, 5.41) is 2.25. The number of amides is 1. The molecule has 0 bridgehead atoms. The van der Waals surface area contributed by atoms with E-state index in [1.54, 1.807) is 32.0 Å². The zero-order valence-corrected chi connectivity index (χ0v) is 11.3. The number of nitrogens with one attached hydrogen (secondary N) is 1. The predicted octanol–water partition coefficient (Wildman–Crippen LogP) is 1.55. The second kappa shape index (κ2) is 6.02. The van der Waals surface area contributed by atoms with Gasteiger partial charge in [0, 0.05) is 12.2 Å². The van der Waals surface area contributed by atoms with Gasteiger partial charge in [-0.1, -0.05) is 17.7 Å². The normalized spacial score (nSPS) is 14.1. The number of rotatable bonds is 4. The molecule has 0 aliphatic heterocycles. The smallest absolute Gasteiger partial charge is 0.235 e. The van der Waals surface area contributed by atoms with Gasteiger partial charge in [0.25, 0.3) is 0 Å². The second-order valence-corrected chi connectivity index (χ2v) is 5.61. The van der Waals surface area contributed by atoms with Crippen LogP contribution in [0.5, 0.6) is 0 Å². The van der Waals surface area contributed by atoms with Gasteiger partial charge in [-0.3, -0.25) is 9.00 Å². The molecule has 0 aliphatic rings. The van der Waals surface area contributed by atoms with Gasteiger partial charge >= 0.3 is 0 Å². The van der Waals surface area contributed by atoms with E-state index in [0.717, 1.165) is 0 Å². The van der Waals surface area contributed by atoms with Gasteiger partial charge in [0.15, 0.2) is 0 Å². The number of anilines is 1. The van der Waals surface area contributed by atoms with Crippen LogP contribution in [0.1, 0.15) is 13.8 Å². The minimum absolute atomic E-state index is 0.273. The maximum atomic E-state index is 12.2. The maximum absolute atomic E-state index is 12.2. The van der Waals surface area contributed by atoms with Crippen molar-refractivity contribution in [1.29, 1.82) is 0 Å². The first-order valence-corrected chi connectivity index (χ1v) is 6.80. The molecule has 0 spiro atoms. The zero-order chi connectivity index (χ0) is 13.0. The van der Waals surface area contributed by atoms with E-state index in [1.807, 2.05) is 0 Å². The van der Waals surface area contributed by atoms with Crippen molar-refractivity contribution in [2.24, 2.45) is 0 Å². The summed E-state index contributed by atoms with van der Waals surface area (Å²) < 4.78 is 12.2. The molecule has 0 aromatic heterocycles. The second-order valence-electron chi connectivity index (χ2n) is 3.49. The average molecular weight is 275 g/mol. The Morgan fingerprint density at radius 3 is 2.76 bits per heavy atom. The lowest BCUT2D eigenvalue weighted by Gasteiger charge is -2.13. The van der Waals surface area contributed by atoms with E-state index in [1.165, 1.54) is 0 Å². The molecule has 0 fully saturated rings. The van der Waals surface area contributed by atoms with E-state index in [0.29, 0.717) is 22.2 Å². The van der Waals surface area contributed by atoms with Crippen LogP contribution in [0.15, 0.2) is 23.1 Å². The zero-order valence-electron chi connectivity index (χ0n) is 9.70. The van der Waals surface area contributed by atoms with Crippen molar-refractivity contribution in [2.45, 2.75) is 24.0 Å². The molecule has 1 aromatic rings. The molecule has 0 saturated carbocycles. The van der Waals surface area contributed by atoms with Gasteiger partial charge in [-0.05, 0) is 26.0 Å². The summed E-state index contributed by atoms with van der Waals surface area (Å²) in [5.41, 5.74) is 6.06. The lowest BCUT2D eigenvalue weighted by atomic mass is 10.3. The van der Waals surface area contributed by atoms with Crippen LogP contribution in [-0.4, -0.2) is 21.9 Å². The van der Waals surface area contributed by atoms with Crippen LogP contribution < -0.4 is 11.1 Å². The number of hydrogen-bond acceptors (Lipinski definition) is 3. The van der Waals surface area contributed by atoms with Gasteiger partial charge in [0.2, 0.25) is 5.91 Å². The third-order valence-corrected chi connectivity index (χ3v) is 4.38. The van der Waals surface area contributed by atoms with E-state index in [2.05, 4.69) is 5.32 Å². The molecule has 4 nitrogen and oxygen atoms in total. The minimum atomic E-state index is -1.55. The van der Waals surface area contributed by atoms with Crippen LogP contribution in [0, 0.1) is 0 Å². The van der Waals surface area contributed by atoms with Crippen molar-refractivity contribution in [3.8, 4) is 0 Å². The van der Waals surface area contributed by atoms with Crippen molar-refractivity contribution in [2.75, 3.05) is 12.3 Å². The van der Waals surface area contributed by atoms with Gasteiger partial charge in [-0.15, -0.1) is 0 Å². The highest BCUT2D eigenvalue weighted by Gasteiger charge is 2.24. The maximum Gasteiger partial charge on any atom is 0.235 e. The minimum Gasteiger partial charge on any atom is -0.398 e. The summed E-state index contributed by atoms with van der Waals surface area (Å²) in [6, 6.07) is 4.90. The number of halogens is 1. The number of benzene rings is 1. The molecule has 0 saturated heterocycles. The molecule has 94 valence electrons. The van der Waals surface area contributed by atoms with Crippen molar-refractivity contribution >= 4 is 34.0 Å². The number of hydrogen-bond donors (Lipinski definition) is 2. The lowest BCUT2D eigenvalue weighted by Crippen LogP contribution is -2.35. The molecule has 1 rings (SSSR count). The van der Waals surface area contributed by atoms with E-state index >= 15 is 0 Å². The first-order chi connectivity index (χ1) is 7.99. The average Bonchev–Trinajstić information content (AvgIpc) is 2.27. The van der Waals surface area contributed by atoms with Crippen LogP contribution >= 0.6 is 11.6 Å². The van der Waals surface area contributed by atoms with E-state index in [9.17, 15) is 9.00 Å². The summed E-state index contributed by atoms with van der Waals surface area (Å²) in [7, 11) is -1.55. The Kier molecular flexibility index (Phi) is 4.96. The summed E-state index contributed by atoms with van der Waals surface area (Å²) in [6.07, 6.45) is 0. The quantitative estimate of drug-likeness (QED) is 0.819. The van der Waals surface area contributed by atoms with Gasteiger partial charge in [0.1, 0.15) is 5.25 Å². The largest absolute Gasteiger partial charge is 0.398 e. The fraction of sp³-hybridized carbons (Fsp3) is 0.364. The predicted molar refractivity (Wildman–Crippen MR) is 70.4 cm³/mol. The van der Waals surface area contributed by atoms with E-state index in [-0.39, 0.29) is 5.91 Å². The van der Waals surface area contributed by atoms with Crippen molar-refractivity contribution in [3.05, 3.63) is 23.2 Å². The molecule has 2 unspecified atom stereocenters. The van der Waals surface area contributed by atoms with Gasteiger partial charge in [0.05, 0.1) is 20.7 Å². The molecule has 0 aliphatic carbocycles. The standard InChI is InChI=1S/C11H15ClN2O2S/c1-3-14-11(15)7(2)17(16)10-8(12)5-4-6-9(10)13/h4-7H,3,13H2,1-2H3,(H,14,15). The summed E-state index contributed by atoms with van der Waals surface area (Å²) in [6.45, 7) is 3.89. The Bertz CT molecular complexity index is 431. The van der Waals surface area contributed by atoms with Crippen LogP contribution in [0.25, 0.3) is 0 Å². The van der Waals surface area contributed by atoms with Crippen LogP contribution in [0.2, 0.25) is 5.02 Å². The molecule has 0 heterocycles. The lowest BCUT2D eigenvalue weighted by molar-refractivity contribution is -0.120. The molecule has 17 heavy (non-hydrogen) atoms. The molecule has 2 atom stereocenters. The number of nitrogens with two attached hydrogens (primary N) is 1. The Morgan fingerprint density at radius 2 is 2.24 bits per heavy atom. The Hall–Kier alpha value is -1.07. The van der Waals surface area contributed by atoms with Gasteiger partial charge < -0.3 is 11.1 Å². The third kappa shape index (κ3) is 3.20. The van der Waals surface area contributed by atoms with Crippen LogP contribution in [0.4, 0.5) is 5.69 Å². The van der Waals surface area contributed by atoms with Crippen molar-refractivity contribution < 1.29 is 9.00 Å². The highest BCUT2D eigenvalue weighted by atomic mass is 35.5. The Morgan fingerprint density at radius 1 is 1.59 bits per heavy atom. The first kappa shape index (κ1) is 14.0. The van der Waals surface area contributed by atoms with E-state index in [4.69, 9.17) is 17.3 Å². The molecule has 1 amide bonds. The summed E-state index contributed by atoms with van der Waals surface area (Å²) in [4.78, 5) is 11.9. The fourth-order valence-corrected chi connectivity index (χ4v) is 2.93. The highest BCUT2D eigenvalue weighted by Crippen LogP contribution is 2.27. The fourth-order valence-electron chi connectivity index (χ4n) is 1.33. The van der Waals surface area contributed by atoms with Gasteiger partial charge in [-0.25, -0.2) is 0 Å². The van der Waals surface area contributed by atoms with Crippen LogP contribution in [-0.2, 0) is 15.6 Å². The molecular weight excluding hydrogens is 260 g/mol. The molecule has 1 aromatic carbocycles. The molecular formula is C11H15ClN2O2S. The summed E-state index contributed by atoms with van der Waals surface area (Å²) in [5.74, 6) is -0.273. The topological polar surface area (TPSA) is 72.2 Å². The van der Waals surface area contributed by atoms with Gasteiger partial charge in [-0.2, -0.15) is 0 Å². The van der Waals surface area contributed by atoms with Crippen molar-refractivity contribution in [1.82, 2.24) is 5.32 Å². The number of nitrogen functional groups attached to an aromatic ring is 1. The highest BCUT2D eigenvalue weighted by molar-refractivity contribution is 7.86. The SMILES string of the molecule is CCNC(=O)C(C)S(=O)c1c(N)cccc1Cl. The Labute approximate surface area is 108 Å². The molecule has 3 N–H and O–H groups in total. The first-order valence-electron chi connectivity index (χ1n) is 5.21. The number of carbonyl (C=O) groups is 1. The van der Waals surface area contributed by atoms with Crippen molar-refractivity contribution in [3.63, 3.8) is 0 Å². The molecule has 0 radical (unpaired) electrons. The van der Waals surface area contributed by atoms with E-state index < -0.39 is 16.0 Å². The third-order valence-electron chi connectivity index (χ3n) is 2.24. The Balaban J connectivity index is 3.01.